The molecule has 0 saturated heterocycles. The zero-order chi connectivity index (χ0) is 26.4. The normalized spacial score (nSPS) is 11.1. The van der Waals surface area contributed by atoms with Gasteiger partial charge in [0.1, 0.15) is 5.82 Å². The second-order valence-corrected chi connectivity index (χ2v) is 10.1. The van der Waals surface area contributed by atoms with Gasteiger partial charge >= 0.3 is 5.97 Å². The number of nitrogens with zero attached hydrogens (tertiary/aromatic N) is 1. The molecule has 0 atom stereocenters. The lowest BCUT2D eigenvalue weighted by molar-refractivity contribution is -0.115. The van der Waals surface area contributed by atoms with E-state index >= 15 is 0 Å². The summed E-state index contributed by atoms with van der Waals surface area (Å²) >= 11 is 0. The Morgan fingerprint density at radius 3 is 2.22 bits per heavy atom. The van der Waals surface area contributed by atoms with Crippen LogP contribution in [0.5, 0.6) is 0 Å². The Hall–Kier alpha value is -3.67. The lowest BCUT2D eigenvalue weighted by atomic mass is 9.96. The van der Waals surface area contributed by atoms with Crippen molar-refractivity contribution in [3.63, 3.8) is 0 Å². The van der Waals surface area contributed by atoms with Crippen molar-refractivity contribution in [2.75, 3.05) is 23.3 Å². The summed E-state index contributed by atoms with van der Waals surface area (Å²) in [4.78, 5) is 27.2. The summed E-state index contributed by atoms with van der Waals surface area (Å²) in [6.07, 6.45) is -0.102. The number of halogens is 1. The second-order valence-electron chi connectivity index (χ2n) is 10.1. The molecule has 0 aliphatic heterocycles. The first-order valence-electron chi connectivity index (χ1n) is 12.3. The fourth-order valence-electron chi connectivity index (χ4n) is 4.32. The van der Waals surface area contributed by atoms with Crippen LogP contribution in [0.1, 0.15) is 49.2 Å². The number of carbonyl (C=O) groups is 2. The maximum atomic E-state index is 14.2. The van der Waals surface area contributed by atoms with Crippen LogP contribution in [0.3, 0.4) is 0 Å². The maximum Gasteiger partial charge on any atom is 0.336 e. The van der Waals surface area contributed by atoms with E-state index in [2.05, 4.69) is 37.9 Å². The topological polar surface area (TPSA) is 69.6 Å². The van der Waals surface area contributed by atoms with E-state index < -0.39 is 11.8 Å². The third-order valence-electron chi connectivity index (χ3n) is 5.81. The van der Waals surface area contributed by atoms with Gasteiger partial charge in [0.2, 0.25) is 5.91 Å². The molecule has 0 aromatic heterocycles. The highest BCUT2D eigenvalue weighted by Gasteiger charge is 2.19. The third kappa shape index (κ3) is 6.94. The lowest BCUT2D eigenvalue weighted by Gasteiger charge is -2.31. The Morgan fingerprint density at radius 2 is 1.61 bits per heavy atom. The number of carboxylic acids is 1. The molecule has 0 bridgehead atoms. The Kier molecular flexibility index (Phi) is 8.86. The van der Waals surface area contributed by atoms with E-state index in [0.717, 1.165) is 24.3 Å². The molecular formula is C30H35FN2O3. The molecule has 3 rings (SSSR count). The number of rotatable bonds is 10. The third-order valence-corrected chi connectivity index (χ3v) is 5.81. The van der Waals surface area contributed by atoms with Gasteiger partial charge in [-0.1, -0.05) is 69.7 Å². The predicted octanol–water partition coefficient (Wildman–Crippen LogP) is 6.80. The van der Waals surface area contributed by atoms with E-state index in [1.165, 1.54) is 6.07 Å². The number of benzene rings is 3. The SMILES string of the molecule is Cc1ccc(C(=O)O)c(-c2ccc(N(CC(C)C)CC(C)C)c(NC(=O)Cc3ccccc3F)c2)c1. The first-order valence-corrected chi connectivity index (χ1v) is 12.3. The number of aromatic carboxylic acids is 1. The summed E-state index contributed by atoms with van der Waals surface area (Å²) in [5.74, 6) is -0.994. The van der Waals surface area contributed by atoms with Gasteiger partial charge in [0, 0.05) is 13.1 Å². The van der Waals surface area contributed by atoms with Crippen molar-refractivity contribution in [3.8, 4) is 11.1 Å². The van der Waals surface area contributed by atoms with Crippen molar-refractivity contribution < 1.29 is 19.1 Å². The second kappa shape index (κ2) is 11.8. The molecule has 6 heteroatoms. The first-order chi connectivity index (χ1) is 17.0. The van der Waals surface area contributed by atoms with Crippen LogP contribution in [0.4, 0.5) is 15.8 Å². The molecule has 0 heterocycles. The van der Waals surface area contributed by atoms with Crippen LogP contribution in [0.25, 0.3) is 11.1 Å². The minimum Gasteiger partial charge on any atom is -0.478 e. The fraction of sp³-hybridized carbons (Fsp3) is 0.333. The monoisotopic (exact) mass is 490 g/mol. The number of amides is 1. The molecule has 2 N–H and O–H groups in total. The average molecular weight is 491 g/mol. The van der Waals surface area contributed by atoms with Crippen LogP contribution in [0, 0.1) is 24.6 Å². The predicted molar refractivity (Wildman–Crippen MR) is 144 cm³/mol. The van der Waals surface area contributed by atoms with Crippen LogP contribution in [-0.2, 0) is 11.2 Å². The summed E-state index contributed by atoms with van der Waals surface area (Å²) in [5.41, 5.74) is 4.15. The molecule has 5 nitrogen and oxygen atoms in total. The smallest absolute Gasteiger partial charge is 0.336 e. The van der Waals surface area contributed by atoms with E-state index in [1.807, 2.05) is 31.2 Å². The minimum absolute atomic E-state index is 0.102. The number of anilines is 2. The van der Waals surface area contributed by atoms with Crippen molar-refractivity contribution in [1.29, 1.82) is 0 Å². The van der Waals surface area contributed by atoms with Crippen LogP contribution >= 0.6 is 0 Å². The summed E-state index contributed by atoms with van der Waals surface area (Å²) in [5, 5.41) is 12.7. The van der Waals surface area contributed by atoms with Gasteiger partial charge < -0.3 is 15.3 Å². The molecule has 190 valence electrons. The number of carboxylic acid groups (broad SMARTS) is 1. The quantitative estimate of drug-likeness (QED) is 0.328. The number of nitrogens with one attached hydrogen (secondary N) is 1. The van der Waals surface area contributed by atoms with Gasteiger partial charge in [-0.15, -0.1) is 0 Å². The number of aryl methyl sites for hydroxylation is 1. The number of carbonyl (C=O) groups excluding carboxylic acids is 1. The van der Waals surface area contributed by atoms with Crippen molar-refractivity contribution in [1.82, 2.24) is 0 Å². The van der Waals surface area contributed by atoms with E-state index in [4.69, 9.17) is 0 Å². The molecule has 0 aliphatic rings. The molecule has 3 aromatic rings. The molecular weight excluding hydrogens is 455 g/mol. The molecule has 1 amide bonds. The van der Waals surface area contributed by atoms with E-state index in [-0.39, 0.29) is 17.9 Å². The van der Waals surface area contributed by atoms with Crippen LogP contribution in [-0.4, -0.2) is 30.1 Å². The Bertz CT molecular complexity index is 1230. The van der Waals surface area contributed by atoms with Gasteiger partial charge in [0.25, 0.3) is 0 Å². The van der Waals surface area contributed by atoms with Crippen LogP contribution < -0.4 is 10.2 Å². The maximum absolute atomic E-state index is 14.2. The van der Waals surface area contributed by atoms with Gasteiger partial charge in [-0.25, -0.2) is 9.18 Å². The van der Waals surface area contributed by atoms with Crippen LogP contribution in [0.15, 0.2) is 60.7 Å². The van der Waals surface area contributed by atoms with Crippen molar-refractivity contribution in [2.24, 2.45) is 11.8 Å². The Morgan fingerprint density at radius 1 is 0.944 bits per heavy atom. The molecule has 3 aromatic carbocycles. The summed E-state index contributed by atoms with van der Waals surface area (Å²) in [7, 11) is 0. The number of hydrogen-bond donors (Lipinski definition) is 2. The molecule has 0 fully saturated rings. The van der Waals surface area contributed by atoms with E-state index in [1.54, 1.807) is 30.3 Å². The Balaban J connectivity index is 2.08. The van der Waals surface area contributed by atoms with E-state index in [0.29, 0.717) is 34.2 Å². The minimum atomic E-state index is -1.01. The van der Waals surface area contributed by atoms with Gasteiger partial charge in [-0.3, -0.25) is 4.79 Å². The zero-order valence-corrected chi connectivity index (χ0v) is 21.6. The lowest BCUT2D eigenvalue weighted by Crippen LogP contribution is -2.32. The highest BCUT2D eigenvalue weighted by molar-refractivity contribution is 5.99. The molecule has 0 unspecified atom stereocenters. The van der Waals surface area contributed by atoms with Crippen LogP contribution in [0.2, 0.25) is 0 Å². The van der Waals surface area contributed by atoms with E-state index in [9.17, 15) is 19.1 Å². The standard InChI is InChI=1S/C30H35FN2O3/c1-19(2)17-33(18-20(3)4)28-13-11-22(25-14-21(5)10-12-24(25)30(35)36)15-27(28)32-29(34)16-23-8-6-7-9-26(23)31/h6-15,19-20H,16-18H2,1-5H3,(H,32,34)(H,35,36). The highest BCUT2D eigenvalue weighted by atomic mass is 19.1. The molecule has 36 heavy (non-hydrogen) atoms. The Labute approximate surface area is 213 Å². The summed E-state index contributed by atoms with van der Waals surface area (Å²) in [6, 6.07) is 17.1. The molecule has 0 radical (unpaired) electrons. The highest BCUT2D eigenvalue weighted by Crippen LogP contribution is 2.35. The van der Waals surface area contributed by atoms with Crippen molar-refractivity contribution in [3.05, 3.63) is 83.2 Å². The number of hydrogen-bond acceptors (Lipinski definition) is 3. The summed E-state index contributed by atoms with van der Waals surface area (Å²) in [6.45, 7) is 12.1. The van der Waals surface area contributed by atoms with Gasteiger partial charge in [-0.2, -0.15) is 0 Å². The first kappa shape index (κ1) is 26.9. The van der Waals surface area contributed by atoms with Gasteiger partial charge in [-0.05, 0) is 59.7 Å². The van der Waals surface area contributed by atoms with Gasteiger partial charge in [0.05, 0.1) is 23.4 Å². The zero-order valence-electron chi connectivity index (χ0n) is 21.6. The molecule has 0 saturated carbocycles. The molecule has 0 spiro atoms. The average Bonchev–Trinajstić information content (AvgIpc) is 2.79. The fourth-order valence-corrected chi connectivity index (χ4v) is 4.32. The molecule has 0 aliphatic carbocycles. The van der Waals surface area contributed by atoms with Crippen molar-refractivity contribution >= 4 is 23.3 Å². The summed E-state index contributed by atoms with van der Waals surface area (Å²) < 4.78 is 14.2. The largest absolute Gasteiger partial charge is 0.478 e. The van der Waals surface area contributed by atoms with Crippen molar-refractivity contribution in [2.45, 2.75) is 41.0 Å². The van der Waals surface area contributed by atoms with Gasteiger partial charge in [0.15, 0.2) is 0 Å².